The van der Waals surface area contributed by atoms with Gasteiger partial charge < -0.3 is 9.72 Å². The van der Waals surface area contributed by atoms with Gasteiger partial charge in [-0.15, -0.1) is 11.3 Å². The Morgan fingerprint density at radius 2 is 2.03 bits per heavy atom. The summed E-state index contributed by atoms with van der Waals surface area (Å²) in [6.07, 6.45) is 6.16. The third-order valence-corrected chi connectivity index (χ3v) is 7.44. The smallest absolute Gasteiger partial charge is 0.340 e. The molecule has 0 bridgehead atoms. The summed E-state index contributed by atoms with van der Waals surface area (Å²) in [4.78, 5) is 39.5. The van der Waals surface area contributed by atoms with Crippen molar-refractivity contribution in [2.75, 3.05) is 12.4 Å². The normalized spacial score (nSPS) is 13.5. The number of carbonyl (C=O) groups excluding carboxylic acids is 2. The summed E-state index contributed by atoms with van der Waals surface area (Å²) in [6.45, 7) is 5.64. The summed E-state index contributed by atoms with van der Waals surface area (Å²) >= 11 is 3.20. The number of esters is 1. The van der Waals surface area contributed by atoms with Gasteiger partial charge in [0.05, 0.1) is 23.6 Å². The van der Waals surface area contributed by atoms with Crippen LogP contribution in [-0.4, -0.2) is 39.1 Å². The Bertz CT molecular complexity index is 1100. The van der Waals surface area contributed by atoms with E-state index in [0.29, 0.717) is 29.1 Å². The van der Waals surface area contributed by atoms with Crippen LogP contribution in [0.15, 0.2) is 11.4 Å². The number of hydrogen-bond acceptors (Lipinski definition) is 7. The number of thioether (sulfide) groups is 1. The zero-order valence-electron chi connectivity index (χ0n) is 16.8. The summed E-state index contributed by atoms with van der Waals surface area (Å²) in [6, 6.07) is 0. The molecule has 0 saturated carbocycles. The van der Waals surface area contributed by atoms with E-state index in [1.54, 1.807) is 38.4 Å². The molecular weight excluding hydrogens is 406 g/mol. The molecule has 0 spiro atoms. The lowest BCUT2D eigenvalue weighted by atomic mass is 9.97. The van der Waals surface area contributed by atoms with E-state index in [2.05, 4.69) is 15.0 Å². The molecule has 0 aliphatic heterocycles. The number of thiophene rings is 1. The SMILES string of the molecule is CCOC(=O)c1c(C)[nH]c(C(=O)CSc2ncnc3sc4c(c23)CCCC4)c1C. The van der Waals surface area contributed by atoms with Crippen LogP contribution in [0.5, 0.6) is 0 Å². The van der Waals surface area contributed by atoms with E-state index in [-0.39, 0.29) is 11.5 Å². The Balaban J connectivity index is 1.57. The van der Waals surface area contributed by atoms with Crippen molar-refractivity contribution >= 4 is 45.1 Å². The van der Waals surface area contributed by atoms with Crippen molar-refractivity contribution in [2.45, 2.75) is 51.5 Å². The van der Waals surface area contributed by atoms with E-state index in [9.17, 15) is 9.59 Å². The number of aromatic amines is 1. The number of ether oxygens (including phenoxy) is 1. The second-order valence-corrected chi connectivity index (χ2v) is 9.17. The highest BCUT2D eigenvalue weighted by molar-refractivity contribution is 8.00. The van der Waals surface area contributed by atoms with Crippen LogP contribution < -0.4 is 0 Å². The molecule has 3 heterocycles. The lowest BCUT2D eigenvalue weighted by Crippen LogP contribution is -2.08. The van der Waals surface area contributed by atoms with Gasteiger partial charge in [0.1, 0.15) is 16.2 Å². The van der Waals surface area contributed by atoms with Crippen LogP contribution in [0, 0.1) is 13.8 Å². The topological polar surface area (TPSA) is 84.9 Å². The number of nitrogens with one attached hydrogen (secondary N) is 1. The van der Waals surface area contributed by atoms with E-state index < -0.39 is 5.97 Å². The predicted molar refractivity (Wildman–Crippen MR) is 115 cm³/mol. The van der Waals surface area contributed by atoms with E-state index in [0.717, 1.165) is 28.1 Å². The van der Waals surface area contributed by atoms with Crippen LogP contribution in [0.25, 0.3) is 10.2 Å². The summed E-state index contributed by atoms with van der Waals surface area (Å²) < 4.78 is 5.11. The minimum absolute atomic E-state index is 0.0537. The number of carbonyl (C=O) groups is 2. The molecule has 6 nitrogen and oxygen atoms in total. The van der Waals surface area contributed by atoms with E-state index in [1.165, 1.54) is 35.0 Å². The molecule has 29 heavy (non-hydrogen) atoms. The van der Waals surface area contributed by atoms with Crippen molar-refractivity contribution in [3.8, 4) is 0 Å². The molecule has 0 fully saturated rings. The molecule has 1 N–H and O–H groups in total. The number of hydrogen-bond donors (Lipinski definition) is 1. The van der Waals surface area contributed by atoms with Crippen LogP contribution in [0.4, 0.5) is 0 Å². The highest BCUT2D eigenvalue weighted by Gasteiger charge is 2.24. The Labute approximate surface area is 177 Å². The second-order valence-electron chi connectivity index (χ2n) is 7.13. The number of nitrogens with zero attached hydrogens (tertiary/aromatic N) is 2. The lowest BCUT2D eigenvalue weighted by molar-refractivity contribution is 0.0525. The summed E-state index contributed by atoms with van der Waals surface area (Å²) in [5.41, 5.74) is 3.59. The number of rotatable bonds is 6. The van der Waals surface area contributed by atoms with E-state index in [4.69, 9.17) is 4.74 Å². The average Bonchev–Trinajstić information content (AvgIpc) is 3.23. The van der Waals surface area contributed by atoms with Gasteiger partial charge in [0.15, 0.2) is 5.78 Å². The Hall–Kier alpha value is -2.19. The first-order valence-corrected chi connectivity index (χ1v) is 11.6. The Morgan fingerprint density at radius 1 is 1.24 bits per heavy atom. The van der Waals surface area contributed by atoms with Gasteiger partial charge in [0, 0.05) is 16.0 Å². The van der Waals surface area contributed by atoms with Gasteiger partial charge in [-0.3, -0.25) is 4.79 Å². The number of fused-ring (bicyclic) bond motifs is 3. The maximum atomic E-state index is 12.9. The predicted octanol–water partition coefficient (Wildman–Crippen LogP) is 4.67. The average molecular weight is 430 g/mol. The maximum absolute atomic E-state index is 12.9. The molecule has 4 rings (SSSR count). The molecule has 3 aromatic rings. The molecule has 8 heteroatoms. The van der Waals surface area contributed by atoms with Crippen molar-refractivity contribution in [3.05, 3.63) is 39.3 Å². The number of ketones is 1. The number of aryl methyl sites for hydroxylation is 3. The molecule has 152 valence electrons. The fourth-order valence-corrected chi connectivity index (χ4v) is 6.11. The molecule has 0 unspecified atom stereocenters. The van der Waals surface area contributed by atoms with Gasteiger partial charge in [-0.2, -0.15) is 0 Å². The standard InChI is InChI=1S/C21H23N3O3S2/c1-4-27-21(26)16-11(2)18(24-12(16)3)14(25)9-28-19-17-13-7-5-6-8-15(13)29-20(17)23-10-22-19/h10,24H,4-9H2,1-3H3. The summed E-state index contributed by atoms with van der Waals surface area (Å²) in [7, 11) is 0. The highest BCUT2D eigenvalue weighted by atomic mass is 32.2. The number of aromatic nitrogens is 3. The van der Waals surface area contributed by atoms with Gasteiger partial charge in [0.2, 0.25) is 0 Å². The van der Waals surface area contributed by atoms with Gasteiger partial charge in [-0.1, -0.05) is 11.8 Å². The van der Waals surface area contributed by atoms with Crippen molar-refractivity contribution < 1.29 is 14.3 Å². The van der Waals surface area contributed by atoms with Crippen molar-refractivity contribution in [2.24, 2.45) is 0 Å². The summed E-state index contributed by atoms with van der Waals surface area (Å²) in [5, 5.41) is 1.99. The molecule has 1 aliphatic carbocycles. The van der Waals surface area contributed by atoms with Crippen molar-refractivity contribution in [1.82, 2.24) is 15.0 Å². The van der Waals surface area contributed by atoms with Crippen molar-refractivity contribution in [1.29, 1.82) is 0 Å². The van der Waals surface area contributed by atoms with Gasteiger partial charge in [-0.05, 0) is 57.6 Å². The molecule has 1 aliphatic rings. The molecule has 0 saturated heterocycles. The fourth-order valence-electron chi connectivity index (χ4n) is 3.92. The van der Waals surface area contributed by atoms with Crippen LogP contribution in [0.1, 0.15) is 62.3 Å². The third-order valence-electron chi connectivity index (χ3n) is 5.25. The largest absolute Gasteiger partial charge is 0.462 e. The zero-order chi connectivity index (χ0) is 20.5. The first kappa shape index (κ1) is 20.1. The maximum Gasteiger partial charge on any atom is 0.340 e. The molecule has 0 radical (unpaired) electrons. The molecular formula is C21H23N3O3S2. The van der Waals surface area contributed by atoms with Crippen LogP contribution in [0.2, 0.25) is 0 Å². The van der Waals surface area contributed by atoms with Gasteiger partial charge in [-0.25, -0.2) is 14.8 Å². The van der Waals surface area contributed by atoms with Crippen LogP contribution >= 0.6 is 23.1 Å². The highest BCUT2D eigenvalue weighted by Crippen LogP contribution is 2.39. The van der Waals surface area contributed by atoms with Gasteiger partial charge >= 0.3 is 5.97 Å². The first-order chi connectivity index (χ1) is 14.0. The first-order valence-electron chi connectivity index (χ1n) is 9.78. The zero-order valence-corrected chi connectivity index (χ0v) is 18.4. The molecule has 0 aromatic carbocycles. The Morgan fingerprint density at radius 3 is 2.83 bits per heavy atom. The van der Waals surface area contributed by atoms with Crippen LogP contribution in [-0.2, 0) is 17.6 Å². The van der Waals surface area contributed by atoms with Gasteiger partial charge in [0.25, 0.3) is 0 Å². The Kier molecular flexibility index (Phi) is 5.74. The molecule has 3 aromatic heterocycles. The van der Waals surface area contributed by atoms with Crippen molar-refractivity contribution in [3.63, 3.8) is 0 Å². The number of Topliss-reactive ketones (excluding diaryl/α,β-unsaturated/α-hetero) is 1. The second kappa shape index (κ2) is 8.28. The monoisotopic (exact) mass is 429 g/mol. The van der Waals surface area contributed by atoms with Crippen LogP contribution in [0.3, 0.4) is 0 Å². The quantitative estimate of drug-likeness (QED) is 0.265. The molecule has 0 amide bonds. The fraction of sp³-hybridized carbons (Fsp3) is 0.429. The minimum Gasteiger partial charge on any atom is -0.462 e. The third kappa shape index (κ3) is 3.71. The minimum atomic E-state index is -0.395. The lowest BCUT2D eigenvalue weighted by Gasteiger charge is -2.11. The molecule has 0 atom stereocenters. The van der Waals surface area contributed by atoms with E-state index >= 15 is 0 Å². The number of H-pyrrole nitrogens is 1. The van der Waals surface area contributed by atoms with E-state index in [1.807, 2.05) is 0 Å². The summed E-state index contributed by atoms with van der Waals surface area (Å²) in [5.74, 6) is -0.199.